The Morgan fingerprint density at radius 2 is 2.16 bits per heavy atom. The highest BCUT2D eigenvalue weighted by molar-refractivity contribution is 5.72. The second kappa shape index (κ2) is 7.85. The van der Waals surface area contributed by atoms with Gasteiger partial charge in [-0.2, -0.15) is 0 Å². The Labute approximate surface area is 117 Å². The third-order valence-electron chi connectivity index (χ3n) is 3.43. The summed E-state index contributed by atoms with van der Waals surface area (Å²) in [6, 6.07) is 0. The molecule has 0 radical (unpaired) electrons. The Kier molecular flexibility index (Phi) is 6.80. The van der Waals surface area contributed by atoms with Crippen molar-refractivity contribution in [3.8, 4) is 0 Å². The van der Waals surface area contributed by atoms with Crippen LogP contribution in [0.25, 0.3) is 0 Å². The highest BCUT2D eigenvalue weighted by Gasteiger charge is 2.26. The molecule has 0 aromatic heterocycles. The van der Waals surface area contributed by atoms with Crippen molar-refractivity contribution in [3.63, 3.8) is 0 Å². The van der Waals surface area contributed by atoms with Crippen molar-refractivity contribution in [3.05, 3.63) is 0 Å². The smallest absolute Gasteiger partial charge is 0.310 e. The van der Waals surface area contributed by atoms with E-state index in [4.69, 9.17) is 4.74 Å². The van der Waals surface area contributed by atoms with E-state index in [9.17, 15) is 4.79 Å². The predicted molar refractivity (Wildman–Crippen MR) is 78.2 cm³/mol. The van der Waals surface area contributed by atoms with Crippen molar-refractivity contribution in [2.24, 2.45) is 5.92 Å². The zero-order chi connectivity index (χ0) is 14.3. The molecule has 0 amide bonds. The maximum Gasteiger partial charge on any atom is 0.310 e. The zero-order valence-corrected chi connectivity index (χ0v) is 13.0. The van der Waals surface area contributed by atoms with Crippen molar-refractivity contribution >= 4 is 5.97 Å². The van der Waals surface area contributed by atoms with Gasteiger partial charge in [-0.3, -0.25) is 4.79 Å². The fourth-order valence-electron chi connectivity index (χ4n) is 2.48. The summed E-state index contributed by atoms with van der Waals surface area (Å²) < 4.78 is 5.12. The Hall–Kier alpha value is -0.610. The lowest BCUT2D eigenvalue weighted by Gasteiger charge is -2.31. The van der Waals surface area contributed by atoms with Crippen LogP contribution in [0.5, 0.6) is 0 Å². The first kappa shape index (κ1) is 16.4. The number of ether oxygens (including phenoxy) is 1. The van der Waals surface area contributed by atoms with E-state index in [-0.39, 0.29) is 17.4 Å². The predicted octanol–water partition coefficient (Wildman–Crippen LogP) is 2.04. The van der Waals surface area contributed by atoms with Gasteiger partial charge < -0.3 is 15.0 Å². The van der Waals surface area contributed by atoms with Crippen LogP contribution >= 0.6 is 0 Å². The minimum atomic E-state index is -0.0139. The number of carbonyl (C=O) groups excluding carboxylic acids is 1. The van der Waals surface area contributed by atoms with Crippen LogP contribution in [0.1, 0.15) is 47.0 Å². The first-order valence-corrected chi connectivity index (χ1v) is 7.56. The molecule has 1 atom stereocenters. The molecular weight excluding hydrogens is 240 g/mol. The van der Waals surface area contributed by atoms with Crippen molar-refractivity contribution in [1.29, 1.82) is 0 Å². The van der Waals surface area contributed by atoms with Gasteiger partial charge in [0.25, 0.3) is 0 Å². The molecule has 1 aliphatic heterocycles. The van der Waals surface area contributed by atoms with E-state index in [2.05, 4.69) is 31.0 Å². The van der Waals surface area contributed by atoms with Crippen LogP contribution in [0.3, 0.4) is 0 Å². The van der Waals surface area contributed by atoms with E-state index >= 15 is 0 Å². The lowest BCUT2D eigenvalue weighted by Crippen LogP contribution is -2.42. The third kappa shape index (κ3) is 6.92. The normalized spacial score (nSPS) is 21.4. The van der Waals surface area contributed by atoms with E-state index in [0.717, 1.165) is 45.4 Å². The Bertz CT molecular complexity index is 274. The number of carbonyl (C=O) groups is 1. The molecule has 1 N–H and O–H groups in total. The van der Waals surface area contributed by atoms with Crippen LogP contribution in [0.2, 0.25) is 0 Å². The Morgan fingerprint density at radius 3 is 2.79 bits per heavy atom. The fourth-order valence-corrected chi connectivity index (χ4v) is 2.48. The van der Waals surface area contributed by atoms with Crippen LogP contribution in [-0.2, 0) is 9.53 Å². The summed E-state index contributed by atoms with van der Waals surface area (Å²) in [7, 11) is 0. The standard InChI is InChI=1S/C15H30N2O2/c1-5-19-14(18)13-8-6-10-17(12-13)11-7-9-16-15(2,3)4/h13,16H,5-12H2,1-4H3. The molecule has 0 spiro atoms. The number of esters is 1. The number of hydrogen-bond acceptors (Lipinski definition) is 4. The number of likely N-dealkylation sites (tertiary alicyclic amines) is 1. The molecule has 0 aromatic carbocycles. The molecular formula is C15H30N2O2. The van der Waals surface area contributed by atoms with Crippen LogP contribution in [0, 0.1) is 5.92 Å². The second-order valence-corrected chi connectivity index (χ2v) is 6.42. The highest BCUT2D eigenvalue weighted by Crippen LogP contribution is 2.18. The number of nitrogens with zero attached hydrogens (tertiary/aromatic N) is 1. The SMILES string of the molecule is CCOC(=O)C1CCCN(CCCNC(C)(C)C)C1. The first-order valence-electron chi connectivity index (χ1n) is 7.56. The highest BCUT2D eigenvalue weighted by atomic mass is 16.5. The summed E-state index contributed by atoms with van der Waals surface area (Å²) in [6.07, 6.45) is 3.22. The minimum Gasteiger partial charge on any atom is -0.466 e. The molecule has 1 aliphatic rings. The molecule has 0 bridgehead atoms. The summed E-state index contributed by atoms with van der Waals surface area (Å²) >= 11 is 0. The molecule has 4 nitrogen and oxygen atoms in total. The first-order chi connectivity index (χ1) is 8.92. The van der Waals surface area contributed by atoms with Gasteiger partial charge in [0.1, 0.15) is 0 Å². The summed E-state index contributed by atoms with van der Waals surface area (Å²) in [5.41, 5.74) is 0.190. The number of rotatable bonds is 6. The Morgan fingerprint density at radius 1 is 1.42 bits per heavy atom. The van der Waals surface area contributed by atoms with Gasteiger partial charge in [0.15, 0.2) is 0 Å². The molecule has 1 unspecified atom stereocenters. The monoisotopic (exact) mass is 270 g/mol. The summed E-state index contributed by atoms with van der Waals surface area (Å²) in [5.74, 6) is 0.0734. The maximum absolute atomic E-state index is 11.7. The lowest BCUT2D eigenvalue weighted by atomic mass is 9.98. The molecule has 1 fully saturated rings. The number of nitrogens with one attached hydrogen (secondary N) is 1. The summed E-state index contributed by atoms with van der Waals surface area (Å²) in [4.78, 5) is 14.1. The van der Waals surface area contributed by atoms with E-state index in [1.807, 2.05) is 6.92 Å². The average molecular weight is 270 g/mol. The molecule has 4 heteroatoms. The van der Waals surface area contributed by atoms with E-state index < -0.39 is 0 Å². The fraction of sp³-hybridized carbons (Fsp3) is 0.933. The van der Waals surface area contributed by atoms with Crippen LogP contribution < -0.4 is 5.32 Å². The quantitative estimate of drug-likeness (QED) is 0.592. The van der Waals surface area contributed by atoms with E-state index in [0.29, 0.717) is 6.61 Å². The molecule has 1 heterocycles. The van der Waals surface area contributed by atoms with Gasteiger partial charge in [0, 0.05) is 12.1 Å². The van der Waals surface area contributed by atoms with E-state index in [1.165, 1.54) is 0 Å². The Balaban J connectivity index is 2.22. The van der Waals surface area contributed by atoms with Crippen molar-refractivity contribution in [1.82, 2.24) is 10.2 Å². The van der Waals surface area contributed by atoms with Gasteiger partial charge in [-0.1, -0.05) is 0 Å². The van der Waals surface area contributed by atoms with Gasteiger partial charge in [-0.15, -0.1) is 0 Å². The van der Waals surface area contributed by atoms with Gasteiger partial charge in [-0.25, -0.2) is 0 Å². The molecule has 1 rings (SSSR count). The third-order valence-corrected chi connectivity index (χ3v) is 3.43. The minimum absolute atomic E-state index is 0.0139. The van der Waals surface area contributed by atoms with Crippen molar-refractivity contribution < 1.29 is 9.53 Å². The van der Waals surface area contributed by atoms with E-state index in [1.54, 1.807) is 0 Å². The van der Waals surface area contributed by atoms with Gasteiger partial charge in [-0.05, 0) is 66.6 Å². The molecule has 112 valence electrons. The second-order valence-electron chi connectivity index (χ2n) is 6.42. The van der Waals surface area contributed by atoms with Crippen molar-refractivity contribution in [2.75, 3.05) is 32.8 Å². The topological polar surface area (TPSA) is 41.6 Å². The molecule has 0 aliphatic carbocycles. The number of hydrogen-bond donors (Lipinski definition) is 1. The van der Waals surface area contributed by atoms with Crippen LogP contribution in [0.4, 0.5) is 0 Å². The molecule has 19 heavy (non-hydrogen) atoms. The van der Waals surface area contributed by atoms with Gasteiger partial charge in [0.2, 0.25) is 0 Å². The summed E-state index contributed by atoms with van der Waals surface area (Å²) in [5, 5.41) is 3.50. The molecule has 1 saturated heterocycles. The van der Waals surface area contributed by atoms with Gasteiger partial charge in [0.05, 0.1) is 12.5 Å². The summed E-state index contributed by atoms with van der Waals surface area (Å²) in [6.45, 7) is 13.0. The molecule has 0 saturated carbocycles. The van der Waals surface area contributed by atoms with Crippen LogP contribution in [0.15, 0.2) is 0 Å². The number of piperidine rings is 1. The average Bonchev–Trinajstić information content (AvgIpc) is 2.34. The molecule has 0 aromatic rings. The maximum atomic E-state index is 11.7. The zero-order valence-electron chi connectivity index (χ0n) is 13.0. The van der Waals surface area contributed by atoms with Crippen molar-refractivity contribution in [2.45, 2.75) is 52.5 Å². The van der Waals surface area contributed by atoms with Crippen LogP contribution in [-0.4, -0.2) is 49.2 Å². The largest absolute Gasteiger partial charge is 0.466 e. The lowest BCUT2D eigenvalue weighted by molar-refractivity contribution is -0.149. The van der Waals surface area contributed by atoms with Gasteiger partial charge >= 0.3 is 5.97 Å².